The van der Waals surface area contributed by atoms with Crippen molar-refractivity contribution in [3.63, 3.8) is 0 Å². The predicted octanol–water partition coefficient (Wildman–Crippen LogP) is 0.722. The first-order valence-electron chi connectivity index (χ1n) is 6.00. The molecule has 3 N–H and O–H groups in total. The first kappa shape index (κ1) is 12.9. The number of carbonyl (C=O) groups excluding carboxylic acids is 1. The molecule has 1 aromatic rings. The minimum Gasteiger partial charge on any atom is -0.398 e. The lowest BCUT2D eigenvalue weighted by molar-refractivity contribution is -0.0855. The summed E-state index contributed by atoms with van der Waals surface area (Å²) in [5, 5.41) is 2.81. The zero-order chi connectivity index (χ0) is 13.0. The molecule has 18 heavy (non-hydrogen) atoms. The topological polar surface area (TPSA) is 73.6 Å². The standard InChI is InChI=1S/C13H18N2O3/c1-9-2-3-12(14)11(6-9)13(16)15-7-10-8-17-4-5-18-10/h2-3,6,10H,4-5,7-8,14H2,1H3,(H,15,16). The molecule has 1 aliphatic heterocycles. The summed E-state index contributed by atoms with van der Waals surface area (Å²) in [4.78, 5) is 12.0. The summed E-state index contributed by atoms with van der Waals surface area (Å²) < 4.78 is 10.7. The van der Waals surface area contributed by atoms with Crippen molar-refractivity contribution in [2.45, 2.75) is 13.0 Å². The van der Waals surface area contributed by atoms with Crippen molar-refractivity contribution in [2.24, 2.45) is 0 Å². The summed E-state index contributed by atoms with van der Waals surface area (Å²) in [6.07, 6.45) is -0.0752. The van der Waals surface area contributed by atoms with Crippen molar-refractivity contribution < 1.29 is 14.3 Å². The number of hydrogen-bond donors (Lipinski definition) is 2. The Morgan fingerprint density at radius 2 is 2.33 bits per heavy atom. The highest BCUT2D eigenvalue weighted by Crippen LogP contribution is 2.13. The number of carbonyl (C=O) groups is 1. The Hall–Kier alpha value is -1.59. The normalized spacial score (nSPS) is 19.5. The van der Waals surface area contributed by atoms with Gasteiger partial charge in [-0.3, -0.25) is 4.79 Å². The van der Waals surface area contributed by atoms with Crippen LogP contribution in [-0.4, -0.2) is 38.4 Å². The number of aryl methyl sites for hydroxylation is 1. The molecule has 2 rings (SSSR count). The monoisotopic (exact) mass is 250 g/mol. The molecule has 0 radical (unpaired) electrons. The third-order valence-corrected chi connectivity index (χ3v) is 2.83. The van der Waals surface area contributed by atoms with Gasteiger partial charge in [0.1, 0.15) is 0 Å². The van der Waals surface area contributed by atoms with Crippen molar-refractivity contribution in [3.05, 3.63) is 29.3 Å². The van der Waals surface area contributed by atoms with E-state index in [-0.39, 0.29) is 12.0 Å². The Labute approximate surface area is 106 Å². The van der Waals surface area contributed by atoms with Crippen molar-refractivity contribution in [1.29, 1.82) is 0 Å². The van der Waals surface area contributed by atoms with Gasteiger partial charge in [-0.1, -0.05) is 11.6 Å². The van der Waals surface area contributed by atoms with Crippen LogP contribution < -0.4 is 11.1 Å². The van der Waals surface area contributed by atoms with Crippen LogP contribution in [0, 0.1) is 6.92 Å². The van der Waals surface area contributed by atoms with Crippen LogP contribution >= 0.6 is 0 Å². The quantitative estimate of drug-likeness (QED) is 0.775. The molecule has 5 nitrogen and oxygen atoms in total. The third kappa shape index (κ3) is 3.21. The van der Waals surface area contributed by atoms with E-state index in [1.165, 1.54) is 0 Å². The Bertz CT molecular complexity index is 428. The van der Waals surface area contributed by atoms with E-state index in [0.717, 1.165) is 5.56 Å². The molecular formula is C13H18N2O3. The van der Waals surface area contributed by atoms with Gasteiger partial charge in [0.05, 0.1) is 31.5 Å². The SMILES string of the molecule is Cc1ccc(N)c(C(=O)NCC2COCCO2)c1. The maximum atomic E-state index is 12.0. The van der Waals surface area contributed by atoms with Crippen molar-refractivity contribution in [1.82, 2.24) is 5.32 Å². The molecule has 0 aromatic heterocycles. The maximum absolute atomic E-state index is 12.0. The van der Waals surface area contributed by atoms with Gasteiger partial charge in [-0.15, -0.1) is 0 Å². The van der Waals surface area contributed by atoms with Gasteiger partial charge in [0, 0.05) is 12.2 Å². The van der Waals surface area contributed by atoms with Crippen LogP contribution in [0.2, 0.25) is 0 Å². The fourth-order valence-electron chi connectivity index (χ4n) is 1.82. The van der Waals surface area contributed by atoms with E-state index < -0.39 is 0 Å². The number of rotatable bonds is 3. The molecule has 1 fully saturated rings. The number of amides is 1. The second kappa shape index (κ2) is 5.84. The second-order valence-electron chi connectivity index (χ2n) is 4.37. The number of nitrogens with two attached hydrogens (primary N) is 1. The summed E-state index contributed by atoms with van der Waals surface area (Å²) in [7, 11) is 0. The van der Waals surface area contributed by atoms with E-state index in [1.807, 2.05) is 13.0 Å². The zero-order valence-electron chi connectivity index (χ0n) is 10.4. The molecular weight excluding hydrogens is 232 g/mol. The number of nitrogen functional groups attached to an aromatic ring is 1. The van der Waals surface area contributed by atoms with E-state index in [0.29, 0.717) is 37.6 Å². The molecule has 5 heteroatoms. The molecule has 1 unspecified atom stereocenters. The lowest BCUT2D eigenvalue weighted by Crippen LogP contribution is -2.39. The summed E-state index contributed by atoms with van der Waals surface area (Å²) >= 11 is 0. The first-order chi connectivity index (χ1) is 8.66. The highest BCUT2D eigenvalue weighted by Gasteiger charge is 2.16. The van der Waals surface area contributed by atoms with Crippen molar-refractivity contribution in [3.8, 4) is 0 Å². The highest BCUT2D eigenvalue weighted by molar-refractivity contribution is 5.99. The molecule has 1 saturated heterocycles. The number of anilines is 1. The Balaban J connectivity index is 1.92. The average Bonchev–Trinajstić information content (AvgIpc) is 2.40. The van der Waals surface area contributed by atoms with Gasteiger partial charge in [-0.25, -0.2) is 0 Å². The molecule has 0 spiro atoms. The molecule has 98 valence electrons. The molecule has 1 atom stereocenters. The molecule has 0 aliphatic carbocycles. The van der Waals surface area contributed by atoms with Crippen molar-refractivity contribution >= 4 is 11.6 Å². The minimum atomic E-state index is -0.176. The molecule has 1 aliphatic rings. The lowest BCUT2D eigenvalue weighted by Gasteiger charge is -2.23. The van der Waals surface area contributed by atoms with Gasteiger partial charge in [0.2, 0.25) is 0 Å². The molecule has 1 aromatic carbocycles. The van der Waals surface area contributed by atoms with E-state index in [1.54, 1.807) is 12.1 Å². The van der Waals surface area contributed by atoms with Gasteiger partial charge in [0.25, 0.3) is 5.91 Å². The molecule has 1 heterocycles. The van der Waals surface area contributed by atoms with Gasteiger partial charge in [-0.05, 0) is 19.1 Å². The summed E-state index contributed by atoms with van der Waals surface area (Å²) in [5.41, 5.74) is 7.78. The fraction of sp³-hybridized carbons (Fsp3) is 0.462. The number of nitrogens with one attached hydrogen (secondary N) is 1. The average molecular weight is 250 g/mol. The number of hydrogen-bond acceptors (Lipinski definition) is 4. The zero-order valence-corrected chi connectivity index (χ0v) is 10.4. The maximum Gasteiger partial charge on any atom is 0.253 e. The Kier molecular flexibility index (Phi) is 4.17. The van der Waals surface area contributed by atoms with Gasteiger partial charge in [0.15, 0.2) is 0 Å². The Morgan fingerprint density at radius 1 is 1.50 bits per heavy atom. The largest absolute Gasteiger partial charge is 0.398 e. The third-order valence-electron chi connectivity index (χ3n) is 2.83. The van der Waals surface area contributed by atoms with Crippen LogP contribution in [0.3, 0.4) is 0 Å². The second-order valence-corrected chi connectivity index (χ2v) is 4.37. The van der Waals surface area contributed by atoms with E-state index in [9.17, 15) is 4.79 Å². The highest BCUT2D eigenvalue weighted by atomic mass is 16.6. The molecule has 0 saturated carbocycles. The summed E-state index contributed by atoms with van der Waals surface area (Å²) in [5.74, 6) is -0.176. The van der Waals surface area contributed by atoms with Crippen LogP contribution in [0.1, 0.15) is 15.9 Å². The lowest BCUT2D eigenvalue weighted by atomic mass is 10.1. The van der Waals surface area contributed by atoms with E-state index in [2.05, 4.69) is 5.32 Å². The molecule has 0 bridgehead atoms. The predicted molar refractivity (Wildman–Crippen MR) is 68.5 cm³/mol. The molecule has 1 amide bonds. The van der Waals surface area contributed by atoms with Crippen molar-refractivity contribution in [2.75, 3.05) is 32.1 Å². The van der Waals surface area contributed by atoms with Gasteiger partial charge >= 0.3 is 0 Å². The number of benzene rings is 1. The van der Waals surface area contributed by atoms with Crippen LogP contribution in [0.5, 0.6) is 0 Å². The fourth-order valence-corrected chi connectivity index (χ4v) is 1.82. The van der Waals surface area contributed by atoms with E-state index in [4.69, 9.17) is 15.2 Å². The van der Waals surface area contributed by atoms with Crippen LogP contribution in [0.4, 0.5) is 5.69 Å². The first-order valence-corrected chi connectivity index (χ1v) is 6.00. The minimum absolute atomic E-state index is 0.0752. The van der Waals surface area contributed by atoms with Gasteiger partial charge in [-0.2, -0.15) is 0 Å². The van der Waals surface area contributed by atoms with E-state index >= 15 is 0 Å². The summed E-state index contributed by atoms with van der Waals surface area (Å²) in [6, 6.07) is 5.40. The van der Waals surface area contributed by atoms with Crippen LogP contribution in [-0.2, 0) is 9.47 Å². The van der Waals surface area contributed by atoms with Crippen LogP contribution in [0.15, 0.2) is 18.2 Å². The smallest absolute Gasteiger partial charge is 0.253 e. The summed E-state index contributed by atoms with van der Waals surface area (Å²) in [6.45, 7) is 4.08. The van der Waals surface area contributed by atoms with Gasteiger partial charge < -0.3 is 20.5 Å². The van der Waals surface area contributed by atoms with Crippen LogP contribution in [0.25, 0.3) is 0 Å². The Morgan fingerprint density at radius 3 is 3.06 bits per heavy atom. The number of ether oxygens (including phenoxy) is 2.